The van der Waals surface area contributed by atoms with Gasteiger partial charge in [-0.1, -0.05) is 32.4 Å². The Kier molecular flexibility index (Phi) is 3.87. The molecule has 2 heterocycles. The maximum atomic E-state index is 6.17. The Morgan fingerprint density at radius 3 is 2.42 bits per heavy atom. The molecule has 2 aromatic rings. The molecule has 0 spiro atoms. The maximum absolute atomic E-state index is 6.17. The molecule has 2 rings (SSSR count). The topological polar surface area (TPSA) is 51.6 Å². The van der Waals surface area contributed by atoms with Crippen LogP contribution in [0.2, 0.25) is 5.15 Å². The van der Waals surface area contributed by atoms with Gasteiger partial charge in [0.2, 0.25) is 0 Å². The van der Waals surface area contributed by atoms with Crippen LogP contribution in [-0.2, 0) is 5.41 Å². The van der Waals surface area contributed by atoms with Crippen molar-refractivity contribution in [2.45, 2.75) is 33.1 Å². The van der Waals surface area contributed by atoms with Gasteiger partial charge in [0.05, 0.1) is 10.2 Å². The average Bonchev–Trinajstić information content (AvgIpc) is 2.31. The van der Waals surface area contributed by atoms with Crippen molar-refractivity contribution >= 4 is 27.5 Å². The van der Waals surface area contributed by atoms with Gasteiger partial charge in [0, 0.05) is 11.6 Å². The summed E-state index contributed by atoms with van der Waals surface area (Å²) in [5.74, 6) is 1.20. The van der Waals surface area contributed by atoms with E-state index in [1.807, 2.05) is 6.92 Å². The first-order valence-electron chi connectivity index (χ1n) is 5.82. The molecule has 0 aliphatic carbocycles. The van der Waals surface area contributed by atoms with Gasteiger partial charge in [-0.25, -0.2) is 19.9 Å². The summed E-state index contributed by atoms with van der Waals surface area (Å²) in [6, 6.07) is 1.78. The van der Waals surface area contributed by atoms with Crippen molar-refractivity contribution in [3.63, 3.8) is 0 Å². The van der Waals surface area contributed by atoms with Gasteiger partial charge in [-0.15, -0.1) is 0 Å². The molecule has 4 nitrogen and oxygen atoms in total. The maximum Gasteiger partial charge on any atom is 0.180 e. The monoisotopic (exact) mass is 340 g/mol. The standard InChI is InChI=1S/C13H14BrClN4/c1-7-16-6-5-8(17-7)12-18-10(13(2,3)4)9(14)11(15)19-12/h5-6H,1-4H3. The lowest BCUT2D eigenvalue weighted by Gasteiger charge is -2.20. The summed E-state index contributed by atoms with van der Waals surface area (Å²) in [6.07, 6.45) is 1.69. The van der Waals surface area contributed by atoms with Crippen LogP contribution in [0.25, 0.3) is 11.5 Å². The van der Waals surface area contributed by atoms with E-state index < -0.39 is 0 Å². The van der Waals surface area contributed by atoms with Crippen LogP contribution in [0.5, 0.6) is 0 Å². The minimum atomic E-state index is -0.137. The van der Waals surface area contributed by atoms with Crippen LogP contribution in [0.3, 0.4) is 0 Å². The van der Waals surface area contributed by atoms with Crippen LogP contribution < -0.4 is 0 Å². The predicted octanol–water partition coefficient (Wildman–Crippen LogP) is 3.96. The van der Waals surface area contributed by atoms with Crippen LogP contribution in [0.1, 0.15) is 32.3 Å². The Balaban J connectivity index is 2.63. The lowest BCUT2D eigenvalue weighted by molar-refractivity contribution is 0.564. The van der Waals surface area contributed by atoms with Crippen molar-refractivity contribution < 1.29 is 0 Å². The average molecular weight is 342 g/mol. The van der Waals surface area contributed by atoms with Gasteiger partial charge in [0.15, 0.2) is 5.82 Å². The fourth-order valence-corrected chi connectivity index (χ4v) is 2.55. The fourth-order valence-electron chi connectivity index (χ4n) is 1.61. The first-order valence-corrected chi connectivity index (χ1v) is 6.99. The molecule has 0 aliphatic rings. The molecule has 0 aromatic carbocycles. The van der Waals surface area contributed by atoms with E-state index in [1.54, 1.807) is 12.3 Å². The fraction of sp³-hybridized carbons (Fsp3) is 0.385. The van der Waals surface area contributed by atoms with Gasteiger partial charge in [-0.3, -0.25) is 0 Å². The lowest BCUT2D eigenvalue weighted by atomic mass is 9.92. The first-order chi connectivity index (χ1) is 8.79. The quantitative estimate of drug-likeness (QED) is 0.737. The summed E-state index contributed by atoms with van der Waals surface area (Å²) >= 11 is 9.62. The molecule has 19 heavy (non-hydrogen) atoms. The molecule has 100 valence electrons. The van der Waals surface area contributed by atoms with Crippen LogP contribution in [0, 0.1) is 6.92 Å². The number of hydrogen-bond acceptors (Lipinski definition) is 4. The van der Waals surface area contributed by atoms with Gasteiger partial charge in [-0.2, -0.15) is 0 Å². The summed E-state index contributed by atoms with van der Waals surface area (Å²) < 4.78 is 0.733. The predicted molar refractivity (Wildman–Crippen MR) is 79.2 cm³/mol. The largest absolute Gasteiger partial charge is 0.242 e. The molecule has 0 saturated carbocycles. The van der Waals surface area contributed by atoms with Crippen molar-refractivity contribution in [2.75, 3.05) is 0 Å². The van der Waals surface area contributed by atoms with Crippen molar-refractivity contribution in [1.82, 2.24) is 19.9 Å². The van der Waals surface area contributed by atoms with E-state index in [0.717, 1.165) is 10.2 Å². The second-order valence-electron chi connectivity index (χ2n) is 5.24. The molecule has 0 atom stereocenters. The molecule has 0 unspecified atom stereocenters. The third kappa shape index (κ3) is 3.09. The highest BCUT2D eigenvalue weighted by Gasteiger charge is 2.23. The first kappa shape index (κ1) is 14.3. The summed E-state index contributed by atoms with van der Waals surface area (Å²) in [4.78, 5) is 17.3. The van der Waals surface area contributed by atoms with E-state index in [9.17, 15) is 0 Å². The molecule has 2 aromatic heterocycles. The molecule has 6 heteroatoms. The molecule has 0 radical (unpaired) electrons. The second-order valence-corrected chi connectivity index (χ2v) is 6.39. The number of rotatable bonds is 1. The van der Waals surface area contributed by atoms with Crippen LogP contribution in [-0.4, -0.2) is 19.9 Å². The normalized spacial score (nSPS) is 11.7. The summed E-state index contributed by atoms with van der Waals surface area (Å²) in [5.41, 5.74) is 1.40. The number of aryl methyl sites for hydroxylation is 1. The van der Waals surface area contributed by atoms with E-state index >= 15 is 0 Å². The Morgan fingerprint density at radius 2 is 1.84 bits per heavy atom. The summed E-state index contributed by atoms with van der Waals surface area (Å²) in [5, 5.41) is 0.395. The minimum Gasteiger partial charge on any atom is -0.242 e. The molecular formula is C13H14BrClN4. The van der Waals surface area contributed by atoms with E-state index in [0.29, 0.717) is 22.5 Å². The molecule has 0 amide bonds. The smallest absolute Gasteiger partial charge is 0.180 e. The molecule has 0 aliphatic heterocycles. The number of nitrogens with zero attached hydrogens (tertiary/aromatic N) is 4. The second kappa shape index (κ2) is 5.13. The van der Waals surface area contributed by atoms with Crippen molar-refractivity contribution in [3.8, 4) is 11.5 Å². The van der Waals surface area contributed by atoms with Gasteiger partial charge in [-0.05, 0) is 28.9 Å². The Hall–Kier alpha value is -1.07. The third-order valence-electron chi connectivity index (χ3n) is 2.53. The Bertz CT molecular complexity index is 623. The van der Waals surface area contributed by atoms with E-state index in [4.69, 9.17) is 11.6 Å². The highest BCUT2D eigenvalue weighted by atomic mass is 79.9. The van der Waals surface area contributed by atoms with Crippen LogP contribution in [0.15, 0.2) is 16.7 Å². The van der Waals surface area contributed by atoms with Gasteiger partial charge in [0.1, 0.15) is 16.7 Å². The zero-order valence-corrected chi connectivity index (χ0v) is 13.5. The lowest BCUT2D eigenvalue weighted by Crippen LogP contribution is -2.16. The molecule has 0 fully saturated rings. The van der Waals surface area contributed by atoms with Gasteiger partial charge in [0.25, 0.3) is 0 Å². The molecule has 0 bridgehead atoms. The molecule has 0 saturated heterocycles. The van der Waals surface area contributed by atoms with Crippen molar-refractivity contribution in [2.24, 2.45) is 0 Å². The molecular weight excluding hydrogens is 328 g/mol. The van der Waals surface area contributed by atoms with Crippen LogP contribution in [0.4, 0.5) is 0 Å². The van der Waals surface area contributed by atoms with E-state index in [-0.39, 0.29) is 5.41 Å². The number of halogens is 2. The van der Waals surface area contributed by atoms with Gasteiger partial charge >= 0.3 is 0 Å². The third-order valence-corrected chi connectivity index (χ3v) is 3.78. The van der Waals surface area contributed by atoms with Crippen LogP contribution >= 0.6 is 27.5 Å². The number of aromatic nitrogens is 4. The minimum absolute atomic E-state index is 0.137. The van der Waals surface area contributed by atoms with Gasteiger partial charge < -0.3 is 0 Å². The number of hydrogen-bond donors (Lipinski definition) is 0. The summed E-state index contributed by atoms with van der Waals surface area (Å²) in [6.45, 7) is 8.05. The van der Waals surface area contributed by atoms with E-state index in [2.05, 4.69) is 56.6 Å². The summed E-state index contributed by atoms with van der Waals surface area (Å²) in [7, 11) is 0. The Morgan fingerprint density at radius 1 is 1.16 bits per heavy atom. The highest BCUT2D eigenvalue weighted by molar-refractivity contribution is 9.10. The molecule has 0 N–H and O–H groups in total. The highest BCUT2D eigenvalue weighted by Crippen LogP contribution is 2.33. The van der Waals surface area contributed by atoms with Crippen molar-refractivity contribution in [3.05, 3.63) is 33.4 Å². The zero-order valence-electron chi connectivity index (χ0n) is 11.2. The van der Waals surface area contributed by atoms with E-state index in [1.165, 1.54) is 0 Å². The Labute approximate surface area is 125 Å². The zero-order chi connectivity index (χ0) is 14.2. The SMILES string of the molecule is Cc1nccc(-c2nc(Cl)c(Br)c(C(C)(C)C)n2)n1. The van der Waals surface area contributed by atoms with Crippen molar-refractivity contribution in [1.29, 1.82) is 0 Å².